The molecule has 5 nitrogen and oxygen atoms in total. The molecule has 0 aliphatic carbocycles. The number of nitrogens with zero attached hydrogens (tertiary/aromatic N) is 2. The molecule has 2 N–H and O–H groups in total. The zero-order valence-corrected chi connectivity index (χ0v) is 12.2. The van der Waals surface area contributed by atoms with E-state index in [4.69, 9.17) is 5.73 Å². The van der Waals surface area contributed by atoms with Crippen molar-refractivity contribution in [3.63, 3.8) is 0 Å². The van der Waals surface area contributed by atoms with Crippen molar-refractivity contribution in [3.8, 4) is 0 Å². The van der Waals surface area contributed by atoms with Crippen molar-refractivity contribution in [3.05, 3.63) is 42.0 Å². The lowest BCUT2D eigenvalue weighted by Gasteiger charge is -2.25. The maximum Gasteiger partial charge on any atom is 0.239 e. The van der Waals surface area contributed by atoms with Gasteiger partial charge in [0.2, 0.25) is 5.91 Å². The smallest absolute Gasteiger partial charge is 0.239 e. The number of hydrogen-bond donors (Lipinski definition) is 1. The van der Waals surface area contributed by atoms with Crippen molar-refractivity contribution in [2.45, 2.75) is 25.9 Å². The van der Waals surface area contributed by atoms with Gasteiger partial charge in [-0.25, -0.2) is 4.39 Å². The maximum atomic E-state index is 13.9. The molecule has 2 heterocycles. The van der Waals surface area contributed by atoms with Crippen molar-refractivity contribution in [2.75, 3.05) is 7.05 Å². The number of likely N-dealkylation sites (N-methyl/N-ethyl adjacent to an activating group) is 1. The Kier molecular flexibility index (Phi) is 4.09. The molecule has 112 valence electrons. The van der Waals surface area contributed by atoms with E-state index in [9.17, 15) is 14.0 Å². The van der Waals surface area contributed by atoms with E-state index in [1.165, 1.54) is 18.0 Å². The Morgan fingerprint density at radius 1 is 1.29 bits per heavy atom. The van der Waals surface area contributed by atoms with Crippen LogP contribution in [0, 0.1) is 5.82 Å². The highest BCUT2D eigenvalue weighted by molar-refractivity contribution is 6.07. The van der Waals surface area contributed by atoms with Gasteiger partial charge in [0, 0.05) is 25.0 Å². The molecule has 0 aliphatic rings. The summed E-state index contributed by atoms with van der Waals surface area (Å²) >= 11 is 0. The Morgan fingerprint density at radius 3 is 2.57 bits per heavy atom. The number of pyridine rings is 1. The minimum absolute atomic E-state index is 0.219. The van der Waals surface area contributed by atoms with E-state index in [1.807, 2.05) is 0 Å². The lowest BCUT2D eigenvalue weighted by atomic mass is 10.0. The average Bonchev–Trinajstić information content (AvgIpc) is 2.89. The number of aromatic nitrogens is 1. The fourth-order valence-electron chi connectivity index (χ4n) is 2.23. The number of hydrogen-bond acceptors (Lipinski definition) is 3. The summed E-state index contributed by atoms with van der Waals surface area (Å²) in [5.41, 5.74) is 6.01. The molecule has 1 amide bonds. The van der Waals surface area contributed by atoms with Crippen LogP contribution in [0.1, 0.15) is 24.2 Å². The van der Waals surface area contributed by atoms with Crippen molar-refractivity contribution in [1.29, 1.82) is 0 Å². The molecule has 2 rings (SSSR count). The van der Waals surface area contributed by atoms with E-state index in [2.05, 4.69) is 0 Å². The van der Waals surface area contributed by atoms with Crippen molar-refractivity contribution in [2.24, 2.45) is 5.73 Å². The van der Waals surface area contributed by atoms with Crippen LogP contribution in [0.25, 0.3) is 5.52 Å². The molecule has 2 aromatic heterocycles. The summed E-state index contributed by atoms with van der Waals surface area (Å²) in [4.78, 5) is 25.7. The first-order valence-corrected chi connectivity index (χ1v) is 6.66. The normalized spacial score (nSPS) is 14.0. The van der Waals surface area contributed by atoms with Crippen molar-refractivity contribution >= 4 is 17.2 Å². The Morgan fingerprint density at radius 2 is 1.95 bits per heavy atom. The van der Waals surface area contributed by atoms with Crippen LogP contribution in [0.4, 0.5) is 4.39 Å². The predicted molar refractivity (Wildman–Crippen MR) is 77.6 cm³/mol. The number of halogens is 1. The lowest BCUT2D eigenvalue weighted by Crippen LogP contribution is -2.47. The molecule has 1 unspecified atom stereocenters. The zero-order valence-electron chi connectivity index (χ0n) is 12.2. The third kappa shape index (κ3) is 2.67. The summed E-state index contributed by atoms with van der Waals surface area (Å²) in [5, 5.41) is 0. The second-order valence-electron chi connectivity index (χ2n) is 5.12. The van der Waals surface area contributed by atoms with Crippen LogP contribution in [-0.4, -0.2) is 40.1 Å². The van der Waals surface area contributed by atoms with Crippen molar-refractivity contribution in [1.82, 2.24) is 9.30 Å². The Bertz CT molecular complexity index is 693. The Labute approximate surface area is 122 Å². The van der Waals surface area contributed by atoms with Crippen LogP contribution in [0.5, 0.6) is 0 Å². The highest BCUT2D eigenvalue weighted by Gasteiger charge is 2.27. The first-order chi connectivity index (χ1) is 9.84. The van der Waals surface area contributed by atoms with E-state index in [0.29, 0.717) is 0 Å². The van der Waals surface area contributed by atoms with E-state index in [-0.39, 0.29) is 22.8 Å². The zero-order chi connectivity index (χ0) is 15.7. The van der Waals surface area contributed by atoms with E-state index in [1.54, 1.807) is 42.8 Å². The van der Waals surface area contributed by atoms with Gasteiger partial charge in [0.25, 0.3) is 0 Å². The minimum atomic E-state index is -0.714. The number of carbonyl (C=O) groups excluding carboxylic acids is 2. The lowest BCUT2D eigenvalue weighted by molar-refractivity contribution is -0.131. The van der Waals surface area contributed by atoms with Gasteiger partial charge in [-0.3, -0.25) is 9.59 Å². The molecular weight excluding hydrogens is 273 g/mol. The summed E-state index contributed by atoms with van der Waals surface area (Å²) in [5.74, 6) is -1.13. The monoisotopic (exact) mass is 291 g/mol. The van der Waals surface area contributed by atoms with Crippen molar-refractivity contribution < 1.29 is 14.0 Å². The number of rotatable bonds is 4. The predicted octanol–water partition coefficient (Wildman–Crippen LogP) is 1.46. The first kappa shape index (κ1) is 15.2. The van der Waals surface area contributed by atoms with Gasteiger partial charge in [-0.05, 0) is 32.0 Å². The number of ketones is 1. The van der Waals surface area contributed by atoms with Crippen LogP contribution in [0.15, 0.2) is 30.6 Å². The number of carbonyl (C=O) groups is 2. The molecule has 0 radical (unpaired) electrons. The first-order valence-electron chi connectivity index (χ1n) is 6.66. The third-order valence-electron chi connectivity index (χ3n) is 3.59. The molecule has 0 aromatic carbocycles. The molecule has 0 saturated carbocycles. The quantitative estimate of drug-likeness (QED) is 0.867. The molecule has 0 aliphatic heterocycles. The van der Waals surface area contributed by atoms with Crippen LogP contribution < -0.4 is 5.73 Å². The molecule has 0 spiro atoms. The summed E-state index contributed by atoms with van der Waals surface area (Å²) in [6, 6.07) is 3.02. The van der Waals surface area contributed by atoms with Crippen LogP contribution >= 0.6 is 0 Å². The maximum absolute atomic E-state index is 13.9. The molecule has 2 atom stereocenters. The largest absolute Gasteiger partial charge is 0.334 e. The summed E-state index contributed by atoms with van der Waals surface area (Å²) in [6.45, 7) is 3.16. The molecule has 6 heteroatoms. The summed E-state index contributed by atoms with van der Waals surface area (Å²) < 4.78 is 15.5. The van der Waals surface area contributed by atoms with Gasteiger partial charge in [0.05, 0.1) is 17.6 Å². The van der Waals surface area contributed by atoms with Gasteiger partial charge in [-0.15, -0.1) is 0 Å². The number of nitrogens with two attached hydrogens (primary N) is 1. The SMILES string of the molecule is CC(C(=O)c1ccn2cccc(F)c12)N(C)C(=O)[C@H](C)N. The van der Waals surface area contributed by atoms with Gasteiger partial charge in [-0.1, -0.05) is 0 Å². The van der Waals surface area contributed by atoms with Crippen LogP contribution in [0.2, 0.25) is 0 Å². The highest BCUT2D eigenvalue weighted by Crippen LogP contribution is 2.19. The summed E-state index contributed by atoms with van der Waals surface area (Å²) in [7, 11) is 1.52. The van der Waals surface area contributed by atoms with E-state index < -0.39 is 17.9 Å². The fraction of sp³-hybridized carbons (Fsp3) is 0.333. The molecule has 0 fully saturated rings. The number of amides is 1. The standard InChI is InChI=1S/C15H18FN3O2/c1-9(17)15(21)18(3)10(2)14(20)11-6-8-19-7-4-5-12(16)13(11)19/h4-10H,17H2,1-3H3/t9-,10?/m0/s1. The highest BCUT2D eigenvalue weighted by atomic mass is 19.1. The number of Topliss-reactive ketones (excluding diaryl/α,β-unsaturated/α-hetero) is 1. The van der Waals surface area contributed by atoms with Gasteiger partial charge < -0.3 is 15.0 Å². The van der Waals surface area contributed by atoms with E-state index in [0.717, 1.165) is 0 Å². The molecular formula is C15H18FN3O2. The topological polar surface area (TPSA) is 67.8 Å². The molecule has 2 aromatic rings. The second kappa shape index (κ2) is 5.65. The van der Waals surface area contributed by atoms with Gasteiger partial charge >= 0.3 is 0 Å². The molecule has 0 bridgehead atoms. The van der Waals surface area contributed by atoms with Gasteiger partial charge in [-0.2, -0.15) is 0 Å². The van der Waals surface area contributed by atoms with Crippen LogP contribution in [-0.2, 0) is 4.79 Å². The van der Waals surface area contributed by atoms with Crippen LogP contribution in [0.3, 0.4) is 0 Å². The molecule has 0 saturated heterocycles. The van der Waals surface area contributed by atoms with Gasteiger partial charge in [0.1, 0.15) is 5.82 Å². The van der Waals surface area contributed by atoms with E-state index >= 15 is 0 Å². The third-order valence-corrected chi connectivity index (χ3v) is 3.59. The number of fused-ring (bicyclic) bond motifs is 1. The Hall–Kier alpha value is -2.21. The van der Waals surface area contributed by atoms with Gasteiger partial charge in [0.15, 0.2) is 5.78 Å². The Balaban J connectivity index is 2.36. The minimum Gasteiger partial charge on any atom is -0.334 e. The molecule has 21 heavy (non-hydrogen) atoms. The second-order valence-corrected chi connectivity index (χ2v) is 5.12. The fourth-order valence-corrected chi connectivity index (χ4v) is 2.23. The average molecular weight is 291 g/mol. The summed E-state index contributed by atoms with van der Waals surface area (Å²) in [6.07, 6.45) is 3.28.